The van der Waals surface area contributed by atoms with Crippen LogP contribution < -0.4 is 10.6 Å². The number of alkyl halides is 3. The van der Waals surface area contributed by atoms with Gasteiger partial charge in [-0.15, -0.1) is 0 Å². The van der Waals surface area contributed by atoms with Crippen molar-refractivity contribution in [1.29, 1.82) is 0 Å². The SMILES string of the molecule is O=C(NCC(N1CCNCC1)C(F)(F)F)C1CCCC1. The molecule has 0 bridgehead atoms. The molecule has 1 unspecified atom stereocenters. The fourth-order valence-electron chi connectivity index (χ4n) is 2.98. The van der Waals surface area contributed by atoms with Gasteiger partial charge in [0.1, 0.15) is 6.04 Å². The molecule has 4 nitrogen and oxygen atoms in total. The molecule has 20 heavy (non-hydrogen) atoms. The molecule has 1 amide bonds. The second-order valence-electron chi connectivity index (χ2n) is 5.57. The van der Waals surface area contributed by atoms with Crippen LogP contribution in [0.4, 0.5) is 13.2 Å². The van der Waals surface area contributed by atoms with Gasteiger partial charge in [-0.25, -0.2) is 0 Å². The summed E-state index contributed by atoms with van der Waals surface area (Å²) in [4.78, 5) is 13.3. The zero-order valence-electron chi connectivity index (χ0n) is 11.5. The quantitative estimate of drug-likeness (QED) is 0.817. The summed E-state index contributed by atoms with van der Waals surface area (Å²) in [6.45, 7) is 1.51. The topological polar surface area (TPSA) is 44.4 Å². The Morgan fingerprint density at radius 1 is 1.25 bits per heavy atom. The number of nitrogens with one attached hydrogen (secondary N) is 2. The molecule has 0 aromatic carbocycles. The van der Waals surface area contributed by atoms with Gasteiger partial charge >= 0.3 is 6.18 Å². The number of hydrogen-bond donors (Lipinski definition) is 2. The van der Waals surface area contributed by atoms with Crippen molar-refractivity contribution in [2.24, 2.45) is 5.92 Å². The second-order valence-corrected chi connectivity index (χ2v) is 5.57. The van der Waals surface area contributed by atoms with Gasteiger partial charge in [0.15, 0.2) is 0 Å². The van der Waals surface area contributed by atoms with E-state index in [4.69, 9.17) is 0 Å². The van der Waals surface area contributed by atoms with E-state index in [1.807, 2.05) is 0 Å². The minimum atomic E-state index is -4.31. The summed E-state index contributed by atoms with van der Waals surface area (Å²) < 4.78 is 39.4. The van der Waals surface area contributed by atoms with Crippen LogP contribution in [0.5, 0.6) is 0 Å². The lowest BCUT2D eigenvalue weighted by molar-refractivity contribution is -0.184. The molecule has 2 fully saturated rings. The molecule has 1 heterocycles. The number of nitrogens with zero attached hydrogens (tertiary/aromatic N) is 1. The summed E-state index contributed by atoms with van der Waals surface area (Å²) >= 11 is 0. The summed E-state index contributed by atoms with van der Waals surface area (Å²) in [5, 5.41) is 5.54. The Balaban J connectivity index is 1.88. The van der Waals surface area contributed by atoms with Crippen LogP contribution >= 0.6 is 0 Å². The van der Waals surface area contributed by atoms with Gasteiger partial charge in [0.2, 0.25) is 5.91 Å². The Kier molecular flexibility index (Phi) is 5.26. The first kappa shape index (κ1) is 15.6. The molecule has 1 aliphatic carbocycles. The van der Waals surface area contributed by atoms with Gasteiger partial charge < -0.3 is 10.6 Å². The number of hydrogen-bond acceptors (Lipinski definition) is 3. The Morgan fingerprint density at radius 2 is 1.85 bits per heavy atom. The van der Waals surface area contributed by atoms with Crippen LogP contribution in [0.3, 0.4) is 0 Å². The molecule has 1 aliphatic heterocycles. The maximum atomic E-state index is 13.1. The molecular weight excluding hydrogens is 271 g/mol. The molecule has 2 aliphatic rings. The van der Waals surface area contributed by atoms with Gasteiger partial charge in [-0.3, -0.25) is 9.69 Å². The molecule has 2 N–H and O–H groups in total. The predicted octanol–water partition coefficient (Wildman–Crippen LogP) is 1.13. The molecule has 0 radical (unpaired) electrons. The van der Waals surface area contributed by atoms with Crippen molar-refractivity contribution in [1.82, 2.24) is 15.5 Å². The first-order valence-corrected chi connectivity index (χ1v) is 7.27. The average molecular weight is 293 g/mol. The van der Waals surface area contributed by atoms with Gasteiger partial charge in [0.25, 0.3) is 0 Å². The standard InChI is InChI=1S/C13H22F3N3O/c14-13(15,16)11(19-7-5-17-6-8-19)9-18-12(20)10-3-1-2-4-10/h10-11,17H,1-9H2,(H,18,20). The number of piperazine rings is 1. The lowest BCUT2D eigenvalue weighted by Gasteiger charge is -2.36. The highest BCUT2D eigenvalue weighted by Gasteiger charge is 2.44. The first-order chi connectivity index (χ1) is 9.48. The summed E-state index contributed by atoms with van der Waals surface area (Å²) in [5.74, 6) is -0.307. The molecule has 116 valence electrons. The normalized spacial score (nSPS) is 23.8. The highest BCUT2D eigenvalue weighted by atomic mass is 19.4. The number of rotatable bonds is 4. The summed E-state index contributed by atoms with van der Waals surface area (Å²) in [6.07, 6.45) is -0.705. The fourth-order valence-corrected chi connectivity index (χ4v) is 2.98. The van der Waals surface area contributed by atoms with E-state index in [-0.39, 0.29) is 18.4 Å². The molecule has 0 spiro atoms. The molecule has 1 saturated heterocycles. The maximum Gasteiger partial charge on any atom is 0.405 e. The van der Waals surface area contributed by atoms with Crippen molar-refractivity contribution >= 4 is 5.91 Å². The predicted molar refractivity (Wildman–Crippen MR) is 69.3 cm³/mol. The van der Waals surface area contributed by atoms with Crippen LogP contribution in [-0.4, -0.2) is 55.7 Å². The Hall–Kier alpha value is -0.820. The molecule has 7 heteroatoms. The van der Waals surface area contributed by atoms with Crippen molar-refractivity contribution in [2.45, 2.75) is 37.9 Å². The van der Waals surface area contributed by atoms with E-state index in [0.29, 0.717) is 26.2 Å². The highest BCUT2D eigenvalue weighted by Crippen LogP contribution is 2.26. The third kappa shape index (κ3) is 4.09. The van der Waals surface area contributed by atoms with Gasteiger partial charge in [0, 0.05) is 38.6 Å². The van der Waals surface area contributed by atoms with Crippen LogP contribution in [0.2, 0.25) is 0 Å². The van der Waals surface area contributed by atoms with Gasteiger partial charge in [-0.05, 0) is 12.8 Å². The van der Waals surface area contributed by atoms with Crippen LogP contribution in [0.25, 0.3) is 0 Å². The fraction of sp³-hybridized carbons (Fsp3) is 0.923. The number of carbonyl (C=O) groups is 1. The van der Waals surface area contributed by atoms with Crippen molar-refractivity contribution in [3.8, 4) is 0 Å². The van der Waals surface area contributed by atoms with Gasteiger partial charge in [-0.2, -0.15) is 13.2 Å². The molecule has 1 saturated carbocycles. The van der Waals surface area contributed by atoms with Gasteiger partial charge in [-0.1, -0.05) is 12.8 Å². The molecule has 2 rings (SSSR count). The lowest BCUT2D eigenvalue weighted by Crippen LogP contribution is -2.57. The Labute approximate surface area is 117 Å². The third-order valence-corrected chi connectivity index (χ3v) is 4.17. The summed E-state index contributed by atoms with van der Waals surface area (Å²) in [7, 11) is 0. The summed E-state index contributed by atoms with van der Waals surface area (Å²) in [5.41, 5.74) is 0. The third-order valence-electron chi connectivity index (χ3n) is 4.17. The minimum Gasteiger partial charge on any atom is -0.354 e. The Morgan fingerprint density at radius 3 is 2.40 bits per heavy atom. The summed E-state index contributed by atoms with van der Waals surface area (Å²) in [6, 6.07) is -1.57. The molecule has 1 atom stereocenters. The van der Waals surface area contributed by atoms with E-state index in [9.17, 15) is 18.0 Å². The smallest absolute Gasteiger partial charge is 0.354 e. The van der Waals surface area contributed by atoms with E-state index in [2.05, 4.69) is 10.6 Å². The van der Waals surface area contributed by atoms with Gasteiger partial charge in [0.05, 0.1) is 0 Å². The van der Waals surface area contributed by atoms with E-state index in [1.165, 1.54) is 4.90 Å². The number of halogens is 3. The second kappa shape index (κ2) is 6.76. The first-order valence-electron chi connectivity index (χ1n) is 7.27. The number of amides is 1. The van der Waals surface area contributed by atoms with E-state index >= 15 is 0 Å². The zero-order chi connectivity index (χ0) is 14.6. The molecule has 0 aromatic rings. The van der Waals surface area contributed by atoms with E-state index in [0.717, 1.165) is 25.7 Å². The maximum absolute atomic E-state index is 13.1. The largest absolute Gasteiger partial charge is 0.405 e. The minimum absolute atomic E-state index is 0.0908. The van der Waals surface area contributed by atoms with Crippen molar-refractivity contribution in [2.75, 3.05) is 32.7 Å². The van der Waals surface area contributed by atoms with Crippen LogP contribution in [0, 0.1) is 5.92 Å². The molecule has 0 aromatic heterocycles. The van der Waals surface area contributed by atoms with Crippen LogP contribution in [-0.2, 0) is 4.79 Å². The molecular formula is C13H22F3N3O. The van der Waals surface area contributed by atoms with Crippen molar-refractivity contribution in [3.63, 3.8) is 0 Å². The lowest BCUT2D eigenvalue weighted by atomic mass is 10.1. The monoisotopic (exact) mass is 293 g/mol. The Bertz CT molecular complexity index is 323. The average Bonchev–Trinajstić information content (AvgIpc) is 2.92. The van der Waals surface area contributed by atoms with Crippen LogP contribution in [0.15, 0.2) is 0 Å². The van der Waals surface area contributed by atoms with Crippen LogP contribution in [0.1, 0.15) is 25.7 Å². The van der Waals surface area contributed by atoms with Crippen molar-refractivity contribution < 1.29 is 18.0 Å². The van der Waals surface area contributed by atoms with E-state index < -0.39 is 12.2 Å². The number of carbonyl (C=O) groups excluding carboxylic acids is 1. The van der Waals surface area contributed by atoms with E-state index in [1.54, 1.807) is 0 Å². The van der Waals surface area contributed by atoms with Crippen molar-refractivity contribution in [3.05, 3.63) is 0 Å². The zero-order valence-corrected chi connectivity index (χ0v) is 11.5. The highest BCUT2D eigenvalue weighted by molar-refractivity contribution is 5.78.